The van der Waals surface area contributed by atoms with Gasteiger partial charge >= 0.3 is 11.3 Å². The van der Waals surface area contributed by atoms with Gasteiger partial charge in [0, 0.05) is 5.69 Å². The van der Waals surface area contributed by atoms with Gasteiger partial charge in [0.1, 0.15) is 6.04 Å². The van der Waals surface area contributed by atoms with Crippen molar-refractivity contribution in [1.29, 1.82) is 0 Å². The number of rotatable bonds is 7. The number of aromatic nitrogens is 2. The lowest BCUT2D eigenvalue weighted by molar-refractivity contribution is 0.237. The number of carbonyl (C=O) groups is 1. The molecule has 0 fully saturated rings. The molecule has 29 heavy (non-hydrogen) atoms. The zero-order chi connectivity index (χ0) is 20.9. The molecule has 3 rings (SSSR count). The third-order valence-corrected chi connectivity index (χ3v) is 5.55. The molecule has 1 atom stereocenters. The van der Waals surface area contributed by atoms with E-state index in [2.05, 4.69) is 20.8 Å². The molecule has 1 aromatic heterocycles. The molecule has 9 heteroatoms. The van der Waals surface area contributed by atoms with Gasteiger partial charge in [-0.25, -0.2) is 13.2 Å². The first-order chi connectivity index (χ1) is 13.8. The number of nitrogens with zero attached hydrogens (tertiary/aromatic N) is 2. The highest BCUT2D eigenvalue weighted by Gasteiger charge is 2.28. The highest BCUT2D eigenvalue weighted by Crippen LogP contribution is 2.23. The Labute approximate surface area is 169 Å². The summed E-state index contributed by atoms with van der Waals surface area (Å²) in [6.45, 7) is 3.71. The Bertz CT molecular complexity index is 1050. The summed E-state index contributed by atoms with van der Waals surface area (Å²) >= 11 is 0. The lowest BCUT2D eigenvalue weighted by Crippen LogP contribution is -2.35. The molecule has 3 aromatic rings. The summed E-state index contributed by atoms with van der Waals surface area (Å²) in [6.07, 6.45) is 0. The predicted octanol–water partition coefficient (Wildman–Crippen LogP) is 3.56. The van der Waals surface area contributed by atoms with Crippen molar-refractivity contribution in [3.05, 3.63) is 72.1 Å². The molecule has 0 radical (unpaired) electrons. The van der Waals surface area contributed by atoms with Gasteiger partial charge < -0.3 is 15.1 Å². The number of benzene rings is 2. The first-order valence-electron chi connectivity index (χ1n) is 9.08. The standard InChI is InChI=1S/C20H22N4O4S/c1-14(2)17(22-19(25)21-16-11-7-4-8-12-16)18-23-24-20(28-18)29(26,27)13-15-9-5-3-6-10-15/h3-12,14,17H,13H2,1-2H3,(H2,21,22,25)/t17-/m0/s1. The molecule has 0 spiro atoms. The monoisotopic (exact) mass is 414 g/mol. The first-order valence-corrected chi connectivity index (χ1v) is 10.7. The quantitative estimate of drug-likeness (QED) is 0.611. The van der Waals surface area contributed by atoms with Crippen molar-refractivity contribution in [3.63, 3.8) is 0 Å². The maximum Gasteiger partial charge on any atom is 0.335 e. The minimum atomic E-state index is -3.80. The van der Waals surface area contributed by atoms with Crippen molar-refractivity contribution < 1.29 is 17.6 Å². The van der Waals surface area contributed by atoms with Crippen LogP contribution >= 0.6 is 0 Å². The normalized spacial score (nSPS) is 12.5. The molecule has 0 aliphatic rings. The second-order valence-electron chi connectivity index (χ2n) is 6.84. The van der Waals surface area contributed by atoms with Crippen LogP contribution in [-0.4, -0.2) is 24.6 Å². The van der Waals surface area contributed by atoms with Crippen molar-refractivity contribution in [2.75, 3.05) is 5.32 Å². The van der Waals surface area contributed by atoms with Gasteiger partial charge in [0.2, 0.25) is 15.7 Å². The van der Waals surface area contributed by atoms with Crippen LogP contribution in [0.5, 0.6) is 0 Å². The van der Waals surface area contributed by atoms with E-state index in [-0.39, 0.29) is 17.6 Å². The zero-order valence-electron chi connectivity index (χ0n) is 16.1. The lowest BCUT2D eigenvalue weighted by Gasteiger charge is -2.19. The molecular formula is C20H22N4O4S. The van der Waals surface area contributed by atoms with Crippen LogP contribution in [0.25, 0.3) is 0 Å². The van der Waals surface area contributed by atoms with Crippen LogP contribution in [0.15, 0.2) is 70.3 Å². The Hall–Kier alpha value is -3.20. The van der Waals surface area contributed by atoms with E-state index in [1.54, 1.807) is 54.6 Å². The van der Waals surface area contributed by atoms with Crippen molar-refractivity contribution >= 4 is 21.6 Å². The van der Waals surface area contributed by atoms with Crippen molar-refractivity contribution in [3.8, 4) is 0 Å². The van der Waals surface area contributed by atoms with E-state index in [0.717, 1.165) is 0 Å². The number of urea groups is 1. The van der Waals surface area contributed by atoms with Gasteiger partial charge in [-0.15, -0.1) is 5.10 Å². The van der Waals surface area contributed by atoms with Gasteiger partial charge in [-0.2, -0.15) is 0 Å². The molecule has 2 amide bonds. The molecule has 0 aliphatic carbocycles. The second-order valence-corrected chi connectivity index (χ2v) is 8.70. The summed E-state index contributed by atoms with van der Waals surface area (Å²) in [5.74, 6) is -0.319. The molecule has 0 bridgehead atoms. The first kappa shape index (κ1) is 20.5. The van der Waals surface area contributed by atoms with E-state index in [1.165, 1.54) is 0 Å². The summed E-state index contributed by atoms with van der Waals surface area (Å²) in [7, 11) is -3.80. The summed E-state index contributed by atoms with van der Waals surface area (Å²) in [5, 5.41) is 12.6. The highest BCUT2D eigenvalue weighted by atomic mass is 32.2. The minimum absolute atomic E-state index is 0.0369. The van der Waals surface area contributed by atoms with E-state index >= 15 is 0 Å². The number of nitrogens with one attached hydrogen (secondary N) is 2. The van der Waals surface area contributed by atoms with Gasteiger partial charge in [-0.1, -0.05) is 67.5 Å². The Balaban J connectivity index is 1.74. The molecule has 1 heterocycles. The van der Waals surface area contributed by atoms with Gasteiger partial charge in [-0.05, 0) is 23.6 Å². The molecule has 0 unspecified atom stereocenters. The fraction of sp³-hybridized carbons (Fsp3) is 0.250. The van der Waals surface area contributed by atoms with Crippen molar-refractivity contribution in [2.45, 2.75) is 30.9 Å². The molecule has 2 N–H and O–H groups in total. The van der Waals surface area contributed by atoms with Crippen LogP contribution in [0.4, 0.5) is 10.5 Å². The average molecular weight is 414 g/mol. The SMILES string of the molecule is CC(C)[C@H](NC(=O)Nc1ccccc1)c1nnc(S(=O)(=O)Cc2ccccc2)o1. The van der Waals surface area contributed by atoms with E-state index < -0.39 is 27.1 Å². The maximum atomic E-state index is 12.6. The van der Waals surface area contributed by atoms with Crippen LogP contribution in [0.3, 0.4) is 0 Å². The van der Waals surface area contributed by atoms with Crippen LogP contribution in [-0.2, 0) is 15.6 Å². The smallest absolute Gasteiger partial charge is 0.335 e. The summed E-state index contributed by atoms with van der Waals surface area (Å²) in [4.78, 5) is 12.3. The lowest BCUT2D eigenvalue weighted by atomic mass is 10.1. The Morgan fingerprint density at radius 1 is 1.00 bits per heavy atom. The fourth-order valence-corrected chi connectivity index (χ4v) is 3.80. The van der Waals surface area contributed by atoms with Gasteiger partial charge in [0.05, 0.1) is 5.75 Å². The molecule has 2 aromatic carbocycles. The number of carbonyl (C=O) groups excluding carboxylic acids is 1. The fourth-order valence-electron chi connectivity index (χ4n) is 2.67. The summed E-state index contributed by atoms with van der Waals surface area (Å²) in [5.41, 5.74) is 1.25. The number of amides is 2. The molecular weight excluding hydrogens is 392 g/mol. The Morgan fingerprint density at radius 3 is 2.24 bits per heavy atom. The van der Waals surface area contributed by atoms with E-state index in [0.29, 0.717) is 11.3 Å². The second kappa shape index (κ2) is 8.87. The molecule has 152 valence electrons. The Kier molecular flexibility index (Phi) is 6.28. The third-order valence-electron chi connectivity index (χ3n) is 4.14. The number of sulfone groups is 1. The number of anilines is 1. The largest absolute Gasteiger partial charge is 0.410 e. The average Bonchev–Trinajstić information content (AvgIpc) is 3.18. The Morgan fingerprint density at radius 2 is 1.62 bits per heavy atom. The van der Waals surface area contributed by atoms with Gasteiger partial charge in [0.15, 0.2) is 0 Å². The maximum absolute atomic E-state index is 12.6. The number of hydrogen-bond acceptors (Lipinski definition) is 6. The minimum Gasteiger partial charge on any atom is -0.410 e. The van der Waals surface area contributed by atoms with Gasteiger partial charge in [0.25, 0.3) is 0 Å². The van der Waals surface area contributed by atoms with Crippen LogP contribution in [0.1, 0.15) is 31.3 Å². The molecule has 8 nitrogen and oxygen atoms in total. The van der Waals surface area contributed by atoms with Crippen molar-refractivity contribution in [1.82, 2.24) is 15.5 Å². The summed E-state index contributed by atoms with van der Waals surface area (Å²) in [6, 6.07) is 16.6. The zero-order valence-corrected chi connectivity index (χ0v) is 16.9. The molecule has 0 saturated carbocycles. The van der Waals surface area contributed by atoms with Crippen LogP contribution < -0.4 is 10.6 Å². The van der Waals surface area contributed by atoms with Crippen LogP contribution in [0, 0.1) is 5.92 Å². The van der Waals surface area contributed by atoms with Gasteiger partial charge in [-0.3, -0.25) is 0 Å². The predicted molar refractivity (Wildman–Crippen MR) is 108 cm³/mol. The number of para-hydroxylation sites is 1. The molecule has 0 aliphatic heterocycles. The number of hydrogen-bond donors (Lipinski definition) is 2. The van der Waals surface area contributed by atoms with E-state index in [4.69, 9.17) is 4.42 Å². The van der Waals surface area contributed by atoms with E-state index in [9.17, 15) is 13.2 Å². The molecule has 0 saturated heterocycles. The van der Waals surface area contributed by atoms with E-state index in [1.807, 2.05) is 19.9 Å². The highest BCUT2D eigenvalue weighted by molar-refractivity contribution is 7.90. The van der Waals surface area contributed by atoms with Crippen molar-refractivity contribution in [2.24, 2.45) is 5.92 Å². The summed E-state index contributed by atoms with van der Waals surface area (Å²) < 4.78 is 30.6. The van der Waals surface area contributed by atoms with Crippen LogP contribution in [0.2, 0.25) is 0 Å². The topological polar surface area (TPSA) is 114 Å². The third kappa shape index (κ3) is 5.41.